The number of nitrogens with zero attached hydrogens (tertiary/aromatic N) is 2. The standard InChI is InChI=1S/C11H11FN2O5/c1-13(6-10(15)19-2)11(16)7-3-8(12)5-9(4-7)14(17)18/h3-5H,6H2,1-2H3. The summed E-state index contributed by atoms with van der Waals surface area (Å²) >= 11 is 0. The Morgan fingerprint density at radius 2 is 2.05 bits per heavy atom. The average Bonchev–Trinajstić information content (AvgIpc) is 2.36. The largest absolute Gasteiger partial charge is 0.468 e. The first-order valence-corrected chi connectivity index (χ1v) is 5.12. The highest BCUT2D eigenvalue weighted by atomic mass is 19.1. The van der Waals surface area contributed by atoms with Crippen LogP contribution in [-0.2, 0) is 9.53 Å². The Bertz CT molecular complexity index is 532. The summed E-state index contributed by atoms with van der Waals surface area (Å²) in [6.07, 6.45) is 0. The van der Waals surface area contributed by atoms with Gasteiger partial charge < -0.3 is 9.64 Å². The third-order valence-electron chi connectivity index (χ3n) is 2.28. The maximum absolute atomic E-state index is 13.2. The molecule has 0 radical (unpaired) electrons. The van der Waals surface area contributed by atoms with Crippen LogP contribution in [-0.4, -0.2) is 42.4 Å². The topological polar surface area (TPSA) is 89.8 Å². The van der Waals surface area contributed by atoms with Gasteiger partial charge in [-0.15, -0.1) is 0 Å². The molecule has 0 N–H and O–H groups in total. The summed E-state index contributed by atoms with van der Waals surface area (Å²) in [6, 6.07) is 2.51. The number of likely N-dealkylation sites (N-methyl/N-ethyl adjacent to an activating group) is 1. The zero-order chi connectivity index (χ0) is 14.6. The van der Waals surface area contributed by atoms with E-state index in [-0.39, 0.29) is 12.1 Å². The van der Waals surface area contributed by atoms with Gasteiger partial charge in [0.05, 0.1) is 18.1 Å². The summed E-state index contributed by atoms with van der Waals surface area (Å²) in [7, 11) is 2.46. The van der Waals surface area contributed by atoms with Crippen LogP contribution in [0.4, 0.5) is 10.1 Å². The van der Waals surface area contributed by atoms with Crippen molar-refractivity contribution in [3.63, 3.8) is 0 Å². The number of hydrogen-bond acceptors (Lipinski definition) is 5. The second kappa shape index (κ2) is 5.89. The van der Waals surface area contributed by atoms with Crippen LogP contribution in [0.2, 0.25) is 0 Å². The van der Waals surface area contributed by atoms with Crippen molar-refractivity contribution in [1.29, 1.82) is 0 Å². The van der Waals surface area contributed by atoms with Gasteiger partial charge in [0.1, 0.15) is 12.4 Å². The molecule has 0 aliphatic rings. The van der Waals surface area contributed by atoms with Crippen molar-refractivity contribution in [2.24, 2.45) is 0 Å². The molecular formula is C11H11FN2O5. The second-order valence-corrected chi connectivity index (χ2v) is 3.69. The van der Waals surface area contributed by atoms with Crippen molar-refractivity contribution in [3.8, 4) is 0 Å². The molecule has 1 amide bonds. The Hall–Kier alpha value is -2.51. The molecule has 0 saturated carbocycles. The molecule has 0 bridgehead atoms. The number of halogens is 1. The molecule has 0 aliphatic heterocycles. The van der Waals surface area contributed by atoms with Crippen molar-refractivity contribution >= 4 is 17.6 Å². The van der Waals surface area contributed by atoms with Gasteiger partial charge in [-0.1, -0.05) is 0 Å². The quantitative estimate of drug-likeness (QED) is 0.462. The number of benzene rings is 1. The number of rotatable bonds is 4. The van der Waals surface area contributed by atoms with Gasteiger partial charge >= 0.3 is 5.97 Å². The Labute approximate surface area is 107 Å². The van der Waals surface area contributed by atoms with Gasteiger partial charge in [-0.2, -0.15) is 0 Å². The number of carbonyl (C=O) groups is 2. The van der Waals surface area contributed by atoms with E-state index in [4.69, 9.17) is 0 Å². The third kappa shape index (κ3) is 3.73. The van der Waals surface area contributed by atoms with Crippen molar-refractivity contribution < 1.29 is 23.6 Å². The molecule has 1 aromatic carbocycles. The smallest absolute Gasteiger partial charge is 0.325 e. The first-order valence-electron chi connectivity index (χ1n) is 5.12. The number of ether oxygens (including phenoxy) is 1. The molecule has 0 saturated heterocycles. The number of methoxy groups -OCH3 is 1. The minimum absolute atomic E-state index is 0.210. The number of esters is 1. The first-order chi connectivity index (χ1) is 8.85. The predicted molar refractivity (Wildman–Crippen MR) is 62.0 cm³/mol. The SMILES string of the molecule is COC(=O)CN(C)C(=O)c1cc(F)cc([N+](=O)[O-])c1. The summed E-state index contributed by atoms with van der Waals surface area (Å²) in [6.45, 7) is -0.334. The summed E-state index contributed by atoms with van der Waals surface area (Å²) in [5, 5.41) is 10.6. The number of carbonyl (C=O) groups excluding carboxylic acids is 2. The third-order valence-corrected chi connectivity index (χ3v) is 2.28. The second-order valence-electron chi connectivity index (χ2n) is 3.69. The maximum atomic E-state index is 13.2. The van der Waals surface area contributed by atoms with E-state index in [0.29, 0.717) is 6.07 Å². The molecule has 8 heteroatoms. The van der Waals surface area contributed by atoms with Crippen LogP contribution in [0, 0.1) is 15.9 Å². The number of nitro groups is 1. The molecule has 0 atom stereocenters. The molecule has 0 spiro atoms. The van der Waals surface area contributed by atoms with E-state index >= 15 is 0 Å². The number of nitro benzene ring substituents is 1. The molecule has 0 fully saturated rings. The molecule has 1 aromatic rings. The molecular weight excluding hydrogens is 259 g/mol. The summed E-state index contributed by atoms with van der Waals surface area (Å²) in [5.74, 6) is -2.27. The van der Waals surface area contributed by atoms with Crippen molar-refractivity contribution in [1.82, 2.24) is 4.90 Å². The van der Waals surface area contributed by atoms with Gasteiger partial charge in [-0.05, 0) is 6.07 Å². The minimum Gasteiger partial charge on any atom is -0.468 e. The summed E-state index contributed by atoms with van der Waals surface area (Å²) < 4.78 is 17.6. The van der Waals surface area contributed by atoms with Crippen LogP contribution in [0.1, 0.15) is 10.4 Å². The normalized spacial score (nSPS) is 9.84. The molecule has 0 heterocycles. The van der Waals surface area contributed by atoms with Crippen LogP contribution < -0.4 is 0 Å². The lowest BCUT2D eigenvalue weighted by Gasteiger charge is -2.15. The number of amides is 1. The van der Waals surface area contributed by atoms with Gasteiger partial charge in [-0.25, -0.2) is 4.39 Å². The zero-order valence-electron chi connectivity index (χ0n) is 10.3. The first kappa shape index (κ1) is 14.6. The van der Waals surface area contributed by atoms with Gasteiger partial charge in [0.15, 0.2) is 0 Å². The van der Waals surface area contributed by atoms with E-state index in [1.54, 1.807) is 0 Å². The molecule has 0 aliphatic carbocycles. The van der Waals surface area contributed by atoms with Crippen LogP contribution in [0.5, 0.6) is 0 Å². The molecule has 1 rings (SSSR count). The fraction of sp³-hybridized carbons (Fsp3) is 0.273. The molecule has 0 unspecified atom stereocenters. The van der Waals surface area contributed by atoms with E-state index in [0.717, 1.165) is 24.1 Å². The highest BCUT2D eigenvalue weighted by Crippen LogP contribution is 2.17. The number of hydrogen-bond donors (Lipinski definition) is 0. The van der Waals surface area contributed by atoms with Gasteiger partial charge in [0, 0.05) is 18.7 Å². The van der Waals surface area contributed by atoms with Crippen LogP contribution in [0.25, 0.3) is 0 Å². The van der Waals surface area contributed by atoms with Crippen LogP contribution >= 0.6 is 0 Å². The maximum Gasteiger partial charge on any atom is 0.325 e. The van der Waals surface area contributed by atoms with Crippen molar-refractivity contribution in [2.75, 3.05) is 20.7 Å². The predicted octanol–water partition coefficient (Wildman–Crippen LogP) is 0.979. The van der Waals surface area contributed by atoms with E-state index in [2.05, 4.69) is 4.74 Å². The summed E-state index contributed by atoms with van der Waals surface area (Å²) in [4.78, 5) is 33.6. The van der Waals surface area contributed by atoms with Gasteiger partial charge in [0.2, 0.25) is 0 Å². The van der Waals surface area contributed by atoms with E-state index in [9.17, 15) is 24.1 Å². The fourth-order valence-electron chi connectivity index (χ4n) is 1.35. The molecule has 102 valence electrons. The van der Waals surface area contributed by atoms with Gasteiger partial charge in [0.25, 0.3) is 11.6 Å². The van der Waals surface area contributed by atoms with Crippen molar-refractivity contribution in [3.05, 3.63) is 39.7 Å². The Morgan fingerprint density at radius 1 is 1.42 bits per heavy atom. The summed E-state index contributed by atoms with van der Waals surface area (Å²) in [5.41, 5.74) is -0.743. The highest BCUT2D eigenvalue weighted by Gasteiger charge is 2.19. The monoisotopic (exact) mass is 270 g/mol. The molecule has 7 nitrogen and oxygen atoms in total. The molecule has 0 aromatic heterocycles. The zero-order valence-corrected chi connectivity index (χ0v) is 10.3. The average molecular weight is 270 g/mol. The lowest BCUT2D eigenvalue weighted by molar-refractivity contribution is -0.385. The lowest BCUT2D eigenvalue weighted by atomic mass is 10.1. The minimum atomic E-state index is -0.899. The van der Waals surface area contributed by atoms with E-state index in [1.807, 2.05) is 0 Å². The van der Waals surface area contributed by atoms with E-state index in [1.165, 1.54) is 7.05 Å². The van der Waals surface area contributed by atoms with Gasteiger partial charge in [-0.3, -0.25) is 19.7 Å². The highest BCUT2D eigenvalue weighted by molar-refractivity contribution is 5.96. The van der Waals surface area contributed by atoms with Crippen LogP contribution in [0.3, 0.4) is 0 Å². The lowest BCUT2D eigenvalue weighted by Crippen LogP contribution is -2.32. The molecule has 19 heavy (non-hydrogen) atoms. The Kier molecular flexibility index (Phi) is 4.51. The van der Waals surface area contributed by atoms with E-state index < -0.39 is 28.3 Å². The Balaban J connectivity index is 2.99. The number of non-ortho nitro benzene ring substituents is 1. The van der Waals surface area contributed by atoms with Crippen LogP contribution in [0.15, 0.2) is 18.2 Å². The fourth-order valence-corrected chi connectivity index (χ4v) is 1.35. The van der Waals surface area contributed by atoms with Crippen molar-refractivity contribution in [2.45, 2.75) is 0 Å². The Morgan fingerprint density at radius 3 is 2.58 bits per heavy atom.